The van der Waals surface area contributed by atoms with Gasteiger partial charge in [-0.2, -0.15) is 26.3 Å². The van der Waals surface area contributed by atoms with Crippen molar-refractivity contribution in [2.75, 3.05) is 82.3 Å². The lowest BCUT2D eigenvalue weighted by Crippen LogP contribution is -2.56. The number of carbonyl (C=O) groups is 6. The highest BCUT2D eigenvalue weighted by Crippen LogP contribution is 2.66. The molecule has 0 aromatic carbocycles. The minimum Gasteiger partial charge on any atom is -0.373 e. The highest BCUT2D eigenvalue weighted by atomic mass is 19.4. The summed E-state index contributed by atoms with van der Waals surface area (Å²) in [6, 6.07) is 0. The second-order valence-electron chi connectivity index (χ2n) is 42.8. The normalized spacial score (nSPS) is 47.8. The molecule has 6 spiro atoms. The van der Waals surface area contributed by atoms with Gasteiger partial charge in [0.1, 0.15) is 104 Å². The first-order chi connectivity index (χ1) is 61.6. The van der Waals surface area contributed by atoms with Crippen molar-refractivity contribution in [3.05, 3.63) is 69.9 Å². The zero-order valence-electron chi connectivity index (χ0n) is 80.7. The van der Waals surface area contributed by atoms with Gasteiger partial charge in [-0.3, -0.25) is 28.8 Å². The van der Waals surface area contributed by atoms with E-state index >= 15 is 0 Å². The molecule has 0 amide bonds. The molecule has 7 saturated carbocycles. The highest BCUT2D eigenvalue weighted by Gasteiger charge is 2.80. The Morgan fingerprint density at radius 2 is 0.492 bits per heavy atom. The van der Waals surface area contributed by atoms with E-state index in [0.717, 1.165) is 77.7 Å². The Labute approximate surface area is 769 Å². The number of carbonyl (C=O) groups excluding carboxylic acids is 6. The third kappa shape index (κ3) is 20.0. The number of epoxide rings is 12. The number of ether oxygens (including phenoxy) is 18. The fraction of sp³-hybridized carbons (Fsp3) is 0.818. The molecule has 12 aliphatic heterocycles. The summed E-state index contributed by atoms with van der Waals surface area (Å²) < 4.78 is 219. The largest absolute Gasteiger partial charge is 0.412 e. The maximum Gasteiger partial charge on any atom is 0.412 e. The van der Waals surface area contributed by atoms with Crippen molar-refractivity contribution in [1.82, 2.24) is 0 Å². The summed E-state index contributed by atoms with van der Waals surface area (Å²) in [7, 11) is 8.98. The standard InChI is InChI=1S/C17H23F3O4.2C17H26O4.C16H20F4O4.C16H21FO4.C16H23FO4/c1-9-7-16(8-23-16)14(13(22-4)12(9)21)15(3)11(24-15)6-5-10(2)17(18,19)20;2*1-10(2)6-7-12-16(4,21-12)15-14(19-5)13(18)11(3)8-17(15)9-20-17;1-8(16(18,19)20)4-5-10-14(2,24-10)13-12(22-3)11(21)9(17)6-15(13)7-23-15;1-15(11(21-15)6-5-9-3-4-9)14-13(19-2)12(18)10(17)7-16(14)8-20-16;1-9(2)5-6-11-15(3,21-11)14-13(19-4)12(18)10(17)7-16(14)8-20-16/h5,9,11,13-14H,6-8H2,1-4H3;2*6,11-12,14-15H,7-9H2,1-5H3;4,9-10,12-13H,5-7H2,1-3H3;5,10-11,13-14H,3-4,6-8H2,1-2H3;5,10-11,13-14H,6-8H2,1-4H3/b10-5+;;;8-4+;;/t9-,11+,13+,14+,15-,16-;2*11-,12-,14-,15-,16+,17+;9-,10-,12-,13-,14+,15+;2*10-,11-,13-,14-,15+,16+/m011111/s1. The molecule has 0 unspecified atom stereocenters. The Morgan fingerprint density at radius 1 is 0.311 bits per heavy atom. The fourth-order valence-electron chi connectivity index (χ4n) is 24.0. The van der Waals surface area contributed by atoms with E-state index in [0.29, 0.717) is 32.8 Å². The van der Waals surface area contributed by atoms with Gasteiger partial charge in [0.15, 0.2) is 53.2 Å². The SMILES string of the molecule is CO[C@@H]1C(=O)[C@@H](C)C[C@]2(CO2)[C@H]1[C@@]1(C)O[C@@H]1C/C=C(\C)C(F)(F)F.CO[C@@H]1C(=O)[C@H](C)C[C@]2(CO2)[C@H]1[C@@]1(C)O[C@@H]1CC=C(C)C.CO[C@@H]1C(=O)[C@H](C)C[C@]2(CO2)[C@H]1[C@@]1(C)O[C@@H]1CC=C(C)C.CO[C@@H]1C(=O)[C@H](F)C[C@]2(CO2)[C@H]1[C@@]1(C)O[C@@H]1C/C=C(\C)C(F)(F)F.CO[C@@H]1C(=O)[C@H](F)C[C@]2(CO2)[C@H]1[C@@]1(C)O[C@@H]1CC=C(C)C.CO[C@@H]1C(=O)[C@H](F)C[C@]2(CO2)[C@H]1[C@@]1(C)O[C@@H]1CC=C1CC1. The average molecular weight is 1880 g/mol. The molecule has 0 N–H and O–H groups in total. The molecule has 24 nitrogen and oxygen atoms in total. The van der Waals surface area contributed by atoms with Gasteiger partial charge >= 0.3 is 12.4 Å². The van der Waals surface area contributed by atoms with Crippen LogP contribution in [0, 0.1) is 53.3 Å². The molecule has 0 aromatic heterocycles. The van der Waals surface area contributed by atoms with Crippen molar-refractivity contribution in [3.8, 4) is 0 Å². The van der Waals surface area contributed by atoms with Crippen molar-refractivity contribution in [2.45, 2.75) is 379 Å². The first kappa shape index (κ1) is 103. The predicted molar refractivity (Wildman–Crippen MR) is 460 cm³/mol. The van der Waals surface area contributed by atoms with Crippen molar-refractivity contribution in [1.29, 1.82) is 0 Å². The van der Waals surface area contributed by atoms with Crippen LogP contribution in [0.5, 0.6) is 0 Å². The molecule has 36 atom stereocenters. The predicted octanol–water partition coefficient (Wildman–Crippen LogP) is 15.0. The maximum absolute atomic E-state index is 13.9. The van der Waals surface area contributed by atoms with Crippen molar-refractivity contribution < 1.29 is 154 Å². The second-order valence-corrected chi connectivity index (χ2v) is 42.8. The molecule has 19 aliphatic rings. The molecule has 0 bridgehead atoms. The number of ketones is 6. The number of Topliss-reactive ketones (excluding diaryl/α,β-unsaturated/α-hetero) is 6. The highest BCUT2D eigenvalue weighted by molar-refractivity contribution is 5.92. The summed E-state index contributed by atoms with van der Waals surface area (Å²) in [4.78, 5) is 73.7. The van der Waals surface area contributed by atoms with Crippen LogP contribution in [-0.2, 0) is 114 Å². The van der Waals surface area contributed by atoms with Crippen LogP contribution >= 0.6 is 0 Å². The number of halogens is 9. The van der Waals surface area contributed by atoms with E-state index in [4.69, 9.17) is 85.3 Å². The van der Waals surface area contributed by atoms with Crippen LogP contribution in [0.2, 0.25) is 0 Å². The third-order valence-electron chi connectivity index (χ3n) is 32.6. The van der Waals surface area contributed by atoms with Gasteiger partial charge < -0.3 is 85.3 Å². The number of allylic oxidation sites excluding steroid dienone is 6. The molecule has 19 rings (SSSR count). The van der Waals surface area contributed by atoms with Gasteiger partial charge in [0.2, 0.25) is 0 Å². The van der Waals surface area contributed by atoms with Crippen LogP contribution in [0.3, 0.4) is 0 Å². The van der Waals surface area contributed by atoms with E-state index in [1.165, 1.54) is 63.6 Å². The van der Waals surface area contributed by atoms with E-state index in [1.54, 1.807) is 21.1 Å². The lowest BCUT2D eigenvalue weighted by atomic mass is 9.66. The van der Waals surface area contributed by atoms with Crippen LogP contribution in [0.4, 0.5) is 39.5 Å². The second kappa shape index (κ2) is 37.0. The van der Waals surface area contributed by atoms with Gasteiger partial charge in [0.05, 0.1) is 112 Å². The molecule has 33 heteroatoms. The maximum atomic E-state index is 13.9. The minimum absolute atomic E-state index is 0.00674. The minimum atomic E-state index is -4.37. The third-order valence-corrected chi connectivity index (χ3v) is 32.6. The van der Waals surface area contributed by atoms with Gasteiger partial charge in [0.25, 0.3) is 0 Å². The smallest absolute Gasteiger partial charge is 0.373 e. The Morgan fingerprint density at radius 3 is 0.667 bits per heavy atom. The fourth-order valence-corrected chi connectivity index (χ4v) is 24.0. The lowest BCUT2D eigenvalue weighted by Gasteiger charge is -2.40. The van der Waals surface area contributed by atoms with E-state index in [9.17, 15) is 68.3 Å². The van der Waals surface area contributed by atoms with Gasteiger partial charge in [0, 0.05) is 90.8 Å². The van der Waals surface area contributed by atoms with Crippen LogP contribution in [0.25, 0.3) is 0 Å². The zero-order chi connectivity index (χ0) is 96.9. The zero-order valence-corrected chi connectivity index (χ0v) is 80.7. The Balaban J connectivity index is 0.000000128. The molecule has 7 aliphatic carbocycles. The van der Waals surface area contributed by atoms with Crippen LogP contribution in [-0.4, -0.2) is 288 Å². The Bertz CT molecular complexity index is 4080. The molecular weight excluding hydrogens is 1740 g/mol. The Kier molecular flexibility index (Phi) is 28.8. The first-order valence-electron chi connectivity index (χ1n) is 46.9. The molecule has 12 heterocycles. The van der Waals surface area contributed by atoms with E-state index < -0.39 is 153 Å². The summed E-state index contributed by atoms with van der Waals surface area (Å²) in [5, 5.41) is 0. The number of methoxy groups -OCH3 is 6. The molecule has 132 heavy (non-hydrogen) atoms. The average Bonchev–Trinajstić information content (AvgIpc) is 1.55. The summed E-state index contributed by atoms with van der Waals surface area (Å²) in [6.45, 7) is 35.4. The van der Waals surface area contributed by atoms with Gasteiger partial charge in [-0.25, -0.2) is 13.2 Å². The van der Waals surface area contributed by atoms with Crippen molar-refractivity contribution in [3.63, 3.8) is 0 Å². The first-order valence-corrected chi connectivity index (χ1v) is 46.9. The number of rotatable bonds is 24. The monoisotopic (exact) mass is 1880 g/mol. The molecule has 0 aromatic rings. The van der Waals surface area contributed by atoms with Gasteiger partial charge in [-0.15, -0.1) is 0 Å². The summed E-state index contributed by atoms with van der Waals surface area (Å²) in [5.41, 5.74) is -1.93. The van der Waals surface area contributed by atoms with Crippen LogP contribution in [0.15, 0.2) is 69.9 Å². The van der Waals surface area contributed by atoms with Gasteiger partial charge in [-0.1, -0.05) is 79.5 Å². The van der Waals surface area contributed by atoms with Crippen LogP contribution < -0.4 is 0 Å². The molecule has 19 fully saturated rings. The summed E-state index contributed by atoms with van der Waals surface area (Å²) in [5.74, 6) is -2.56. The lowest BCUT2D eigenvalue weighted by molar-refractivity contribution is -0.150. The summed E-state index contributed by atoms with van der Waals surface area (Å²) in [6.07, 6.45) is 1.78. The quantitative estimate of drug-likeness (QED) is 0.0492. The van der Waals surface area contributed by atoms with Crippen molar-refractivity contribution in [2.24, 2.45) is 53.3 Å². The molecule has 742 valence electrons. The molecular formula is C99H139F9O24. The summed E-state index contributed by atoms with van der Waals surface area (Å²) >= 11 is 0. The van der Waals surface area contributed by atoms with E-state index in [1.807, 2.05) is 55.4 Å². The van der Waals surface area contributed by atoms with Crippen molar-refractivity contribution >= 4 is 34.7 Å². The van der Waals surface area contributed by atoms with E-state index in [-0.39, 0.29) is 150 Å². The Hall–Kier alpha value is -4.89. The number of alkyl halides is 9. The number of hydrogen-bond donors (Lipinski definition) is 0. The topological polar surface area (TPSA) is 308 Å². The number of hydrogen-bond acceptors (Lipinski definition) is 24. The van der Waals surface area contributed by atoms with E-state index in [2.05, 4.69) is 65.8 Å². The van der Waals surface area contributed by atoms with Crippen LogP contribution in [0.1, 0.15) is 208 Å². The molecule has 0 radical (unpaired) electrons. The molecule has 12 saturated heterocycles. The van der Waals surface area contributed by atoms with Gasteiger partial charge in [-0.05, 0) is 168 Å².